The number of methoxy groups -OCH3 is 1. The first-order valence-corrected chi connectivity index (χ1v) is 9.36. The normalized spacial score (nSPS) is 13.9. The van der Waals surface area contributed by atoms with Gasteiger partial charge in [-0.05, 0) is 44.6 Å². The molecule has 4 rings (SSSR count). The zero-order valence-electron chi connectivity index (χ0n) is 16.6. The molecule has 0 aliphatic carbocycles. The first-order chi connectivity index (χ1) is 13.6. The molecule has 28 heavy (non-hydrogen) atoms. The van der Waals surface area contributed by atoms with Gasteiger partial charge in [-0.15, -0.1) is 0 Å². The summed E-state index contributed by atoms with van der Waals surface area (Å²) in [6, 6.07) is 14.0. The fraction of sp³-hybridized carbons (Fsp3) is 0.217. The van der Waals surface area contributed by atoms with Gasteiger partial charge >= 0.3 is 0 Å². The summed E-state index contributed by atoms with van der Waals surface area (Å²) in [6.07, 6.45) is 2.12. The number of rotatable bonds is 4. The SMILES string of the molecule is COc1ccc2c(NC3=C(C)CNC(C)=C3)nc(-c3ccccc3)nc2c1C. The number of ether oxygens (including phenoxy) is 1. The molecule has 5 nitrogen and oxygen atoms in total. The first kappa shape index (κ1) is 18.0. The minimum atomic E-state index is 0.694. The number of aromatic nitrogens is 2. The Labute approximate surface area is 165 Å². The number of fused-ring (bicyclic) bond motifs is 1. The Balaban J connectivity index is 1.92. The quantitative estimate of drug-likeness (QED) is 0.688. The van der Waals surface area contributed by atoms with Gasteiger partial charge in [0.05, 0.1) is 12.6 Å². The molecule has 1 aliphatic heterocycles. The van der Waals surface area contributed by atoms with E-state index in [0.717, 1.165) is 51.5 Å². The highest BCUT2D eigenvalue weighted by Crippen LogP contribution is 2.32. The minimum absolute atomic E-state index is 0.694. The van der Waals surface area contributed by atoms with Crippen molar-refractivity contribution in [1.29, 1.82) is 0 Å². The van der Waals surface area contributed by atoms with E-state index >= 15 is 0 Å². The average molecular weight is 372 g/mol. The number of benzene rings is 2. The van der Waals surface area contributed by atoms with E-state index in [1.807, 2.05) is 49.4 Å². The number of aryl methyl sites for hydroxylation is 1. The smallest absolute Gasteiger partial charge is 0.162 e. The second kappa shape index (κ2) is 7.35. The van der Waals surface area contributed by atoms with E-state index in [1.54, 1.807) is 7.11 Å². The molecular formula is C23H24N4O. The number of allylic oxidation sites excluding steroid dienone is 2. The van der Waals surface area contributed by atoms with Gasteiger partial charge in [0.15, 0.2) is 5.82 Å². The van der Waals surface area contributed by atoms with Crippen LogP contribution in [0, 0.1) is 6.92 Å². The molecule has 5 heteroatoms. The van der Waals surface area contributed by atoms with Gasteiger partial charge in [0.1, 0.15) is 11.6 Å². The van der Waals surface area contributed by atoms with E-state index in [2.05, 4.69) is 30.6 Å². The Morgan fingerprint density at radius 2 is 1.79 bits per heavy atom. The largest absolute Gasteiger partial charge is 0.496 e. The molecule has 1 aliphatic rings. The fourth-order valence-corrected chi connectivity index (χ4v) is 3.37. The van der Waals surface area contributed by atoms with Crippen molar-refractivity contribution in [3.05, 3.63) is 71.1 Å². The first-order valence-electron chi connectivity index (χ1n) is 9.36. The summed E-state index contributed by atoms with van der Waals surface area (Å²) < 4.78 is 5.51. The van der Waals surface area contributed by atoms with E-state index in [1.165, 1.54) is 5.57 Å². The van der Waals surface area contributed by atoms with Crippen LogP contribution in [-0.2, 0) is 0 Å². The molecule has 0 unspecified atom stereocenters. The van der Waals surface area contributed by atoms with Crippen LogP contribution in [0.15, 0.2) is 65.5 Å². The van der Waals surface area contributed by atoms with Crippen LogP contribution in [0.4, 0.5) is 5.82 Å². The Morgan fingerprint density at radius 3 is 2.54 bits per heavy atom. The topological polar surface area (TPSA) is 59.1 Å². The molecule has 2 aromatic carbocycles. The zero-order chi connectivity index (χ0) is 19.7. The maximum absolute atomic E-state index is 5.51. The van der Waals surface area contributed by atoms with Crippen molar-refractivity contribution >= 4 is 16.7 Å². The van der Waals surface area contributed by atoms with Crippen molar-refractivity contribution in [2.45, 2.75) is 20.8 Å². The molecule has 3 aromatic rings. The lowest BCUT2D eigenvalue weighted by molar-refractivity contribution is 0.412. The van der Waals surface area contributed by atoms with Crippen LogP contribution in [-0.4, -0.2) is 23.6 Å². The molecular weight excluding hydrogens is 348 g/mol. The average Bonchev–Trinajstić information content (AvgIpc) is 2.72. The predicted molar refractivity (Wildman–Crippen MR) is 114 cm³/mol. The van der Waals surface area contributed by atoms with Crippen LogP contribution in [0.2, 0.25) is 0 Å². The van der Waals surface area contributed by atoms with Crippen molar-refractivity contribution in [2.24, 2.45) is 0 Å². The third-order valence-corrected chi connectivity index (χ3v) is 5.03. The van der Waals surface area contributed by atoms with E-state index in [-0.39, 0.29) is 0 Å². The van der Waals surface area contributed by atoms with Gasteiger partial charge in [-0.1, -0.05) is 30.3 Å². The van der Waals surface area contributed by atoms with Crippen LogP contribution in [0.25, 0.3) is 22.3 Å². The summed E-state index contributed by atoms with van der Waals surface area (Å²) in [5, 5.41) is 7.89. The summed E-state index contributed by atoms with van der Waals surface area (Å²) in [5.74, 6) is 2.32. The molecule has 0 amide bonds. The van der Waals surface area contributed by atoms with Gasteiger partial charge in [0, 0.05) is 34.5 Å². The Bertz CT molecular complexity index is 1100. The van der Waals surface area contributed by atoms with Crippen LogP contribution < -0.4 is 15.4 Å². The molecule has 0 atom stereocenters. The number of hydrogen-bond acceptors (Lipinski definition) is 5. The molecule has 1 aromatic heterocycles. The summed E-state index contributed by atoms with van der Waals surface area (Å²) in [4.78, 5) is 9.74. The highest BCUT2D eigenvalue weighted by molar-refractivity contribution is 5.94. The van der Waals surface area contributed by atoms with Crippen LogP contribution >= 0.6 is 0 Å². The number of anilines is 1. The van der Waals surface area contributed by atoms with Gasteiger partial charge < -0.3 is 15.4 Å². The summed E-state index contributed by atoms with van der Waals surface area (Å²) in [6.45, 7) is 7.04. The summed E-state index contributed by atoms with van der Waals surface area (Å²) in [7, 11) is 1.68. The van der Waals surface area contributed by atoms with Crippen LogP contribution in [0.1, 0.15) is 19.4 Å². The predicted octanol–water partition coefficient (Wildman–Crippen LogP) is 4.81. The zero-order valence-corrected chi connectivity index (χ0v) is 16.6. The Kier molecular flexibility index (Phi) is 4.74. The fourth-order valence-electron chi connectivity index (χ4n) is 3.37. The lowest BCUT2D eigenvalue weighted by Gasteiger charge is -2.20. The Hall–Kier alpha value is -3.34. The molecule has 0 bridgehead atoms. The van der Waals surface area contributed by atoms with Crippen LogP contribution in [0.3, 0.4) is 0 Å². The third-order valence-electron chi connectivity index (χ3n) is 5.03. The molecule has 0 spiro atoms. The van der Waals surface area contributed by atoms with E-state index < -0.39 is 0 Å². The molecule has 142 valence electrons. The lowest BCUT2D eigenvalue weighted by Crippen LogP contribution is -2.21. The van der Waals surface area contributed by atoms with Gasteiger partial charge in [-0.25, -0.2) is 9.97 Å². The second-order valence-corrected chi connectivity index (χ2v) is 7.05. The maximum Gasteiger partial charge on any atom is 0.162 e. The number of nitrogens with one attached hydrogen (secondary N) is 2. The van der Waals surface area contributed by atoms with Crippen molar-refractivity contribution in [3.63, 3.8) is 0 Å². The van der Waals surface area contributed by atoms with Crippen LogP contribution in [0.5, 0.6) is 5.75 Å². The van der Waals surface area contributed by atoms with Gasteiger partial charge in [-0.2, -0.15) is 0 Å². The summed E-state index contributed by atoms with van der Waals surface area (Å²) >= 11 is 0. The lowest BCUT2D eigenvalue weighted by atomic mass is 10.1. The second-order valence-electron chi connectivity index (χ2n) is 7.05. The number of dihydropyridines is 1. The third kappa shape index (κ3) is 3.31. The standard InChI is InChI=1S/C23H24N4O/c1-14-13-24-15(2)12-19(14)25-23-18-10-11-20(28-4)16(3)21(18)26-22(27-23)17-8-6-5-7-9-17/h5-12,24H,13H2,1-4H3,(H,25,26,27). The van der Waals surface area contributed by atoms with Crippen molar-refractivity contribution in [3.8, 4) is 17.1 Å². The molecule has 0 saturated heterocycles. The monoisotopic (exact) mass is 372 g/mol. The Morgan fingerprint density at radius 1 is 1.00 bits per heavy atom. The highest BCUT2D eigenvalue weighted by Gasteiger charge is 2.16. The van der Waals surface area contributed by atoms with E-state index in [4.69, 9.17) is 14.7 Å². The molecule has 2 heterocycles. The number of hydrogen-bond donors (Lipinski definition) is 2. The van der Waals surface area contributed by atoms with Crippen molar-refractivity contribution < 1.29 is 4.74 Å². The molecule has 2 N–H and O–H groups in total. The number of nitrogens with zero attached hydrogens (tertiary/aromatic N) is 2. The van der Waals surface area contributed by atoms with Crippen molar-refractivity contribution in [1.82, 2.24) is 15.3 Å². The van der Waals surface area contributed by atoms with E-state index in [9.17, 15) is 0 Å². The highest BCUT2D eigenvalue weighted by atomic mass is 16.5. The minimum Gasteiger partial charge on any atom is -0.496 e. The summed E-state index contributed by atoms with van der Waals surface area (Å²) in [5.41, 5.74) is 6.33. The van der Waals surface area contributed by atoms with Crippen molar-refractivity contribution in [2.75, 3.05) is 19.0 Å². The van der Waals surface area contributed by atoms with Gasteiger partial charge in [-0.3, -0.25) is 0 Å². The van der Waals surface area contributed by atoms with Gasteiger partial charge in [0.2, 0.25) is 0 Å². The maximum atomic E-state index is 5.51. The van der Waals surface area contributed by atoms with Gasteiger partial charge in [0.25, 0.3) is 0 Å². The molecule has 0 saturated carbocycles. The van der Waals surface area contributed by atoms with E-state index in [0.29, 0.717) is 5.82 Å². The molecule has 0 fully saturated rings. The molecule has 0 radical (unpaired) electrons.